The molecule has 5 aromatic rings. The minimum absolute atomic E-state index is 0.0355. The second-order valence-electron chi connectivity index (χ2n) is 15.9. The number of hydrogen-bond acceptors (Lipinski definition) is 13. The summed E-state index contributed by atoms with van der Waals surface area (Å²) >= 11 is 0. The summed E-state index contributed by atoms with van der Waals surface area (Å²) in [6.07, 6.45) is 8.48. The first-order chi connectivity index (χ1) is 31.1. The Hall–Kier alpha value is -7.48. The van der Waals surface area contributed by atoms with E-state index in [1.54, 1.807) is 24.4 Å². The van der Waals surface area contributed by atoms with E-state index in [1.165, 1.54) is 12.5 Å². The van der Waals surface area contributed by atoms with Gasteiger partial charge in [0.15, 0.2) is 0 Å². The van der Waals surface area contributed by atoms with Gasteiger partial charge in [0, 0.05) is 82.6 Å². The highest BCUT2D eigenvalue weighted by Gasteiger charge is 2.45. The molecule has 2 aromatic carbocycles. The van der Waals surface area contributed by atoms with Crippen LogP contribution in [0.2, 0.25) is 0 Å². The highest BCUT2D eigenvalue weighted by molar-refractivity contribution is 6.25. The van der Waals surface area contributed by atoms with E-state index in [9.17, 15) is 33.6 Å². The molecule has 3 aromatic heterocycles. The van der Waals surface area contributed by atoms with Gasteiger partial charge < -0.3 is 31.2 Å². The van der Waals surface area contributed by atoms with Crippen molar-refractivity contribution in [2.45, 2.75) is 64.0 Å². The number of amides is 7. The lowest BCUT2D eigenvalue weighted by atomic mass is 10.0. The van der Waals surface area contributed by atoms with Gasteiger partial charge in [-0.05, 0) is 55.2 Å². The molecule has 0 bridgehead atoms. The monoisotopic (exact) mass is 871 g/mol. The normalized spacial score (nSPS) is 16.5. The molecule has 332 valence electrons. The Kier molecular flexibility index (Phi) is 13.3. The van der Waals surface area contributed by atoms with Gasteiger partial charge in [0.05, 0.1) is 28.4 Å². The molecule has 1 atom stereocenters. The molecule has 2 fully saturated rings. The largest absolute Gasteiger partial charge is 0.384 e. The van der Waals surface area contributed by atoms with Crippen LogP contribution in [-0.4, -0.2) is 127 Å². The summed E-state index contributed by atoms with van der Waals surface area (Å²) in [5.41, 5.74) is 4.10. The van der Waals surface area contributed by atoms with Crippen molar-refractivity contribution < 1.29 is 33.6 Å². The molecule has 3 aliphatic heterocycles. The lowest BCUT2D eigenvalue weighted by Crippen LogP contribution is -2.54. The number of H-pyrrole nitrogens is 2. The van der Waals surface area contributed by atoms with Crippen LogP contribution in [0.25, 0.3) is 11.0 Å². The SMILES string of the molecule is O=C(CCC(=O)N1CCN(Cc2ccc(NC(=O)c3[nH]ncc3Nc3ncnc4[nH]ccc34)cc2)CC1)NCCCCCCNc1cccc2c1C(=O)N(C1CCC(=O)NC1=O)C2=O. The number of imide groups is 2. The van der Waals surface area contributed by atoms with Crippen LogP contribution in [0.1, 0.15) is 88.1 Å². The molecule has 64 heavy (non-hydrogen) atoms. The van der Waals surface area contributed by atoms with Crippen LogP contribution in [0.4, 0.5) is 22.9 Å². The molecule has 7 amide bonds. The zero-order chi connectivity index (χ0) is 44.6. The van der Waals surface area contributed by atoms with Crippen molar-refractivity contribution in [3.8, 4) is 0 Å². The molecule has 0 aliphatic carbocycles. The number of hydrogen-bond donors (Lipinski definition) is 7. The third kappa shape index (κ3) is 9.91. The Morgan fingerprint density at radius 3 is 2.42 bits per heavy atom. The summed E-state index contributed by atoms with van der Waals surface area (Å²) in [6, 6.07) is 13.4. The van der Waals surface area contributed by atoms with Crippen LogP contribution in [0.3, 0.4) is 0 Å². The van der Waals surface area contributed by atoms with Gasteiger partial charge in [-0.15, -0.1) is 0 Å². The Morgan fingerprint density at radius 1 is 0.828 bits per heavy atom. The first kappa shape index (κ1) is 43.2. The van der Waals surface area contributed by atoms with E-state index in [0.29, 0.717) is 74.3 Å². The summed E-state index contributed by atoms with van der Waals surface area (Å²) in [5, 5.41) is 22.0. The Labute approximate surface area is 367 Å². The van der Waals surface area contributed by atoms with Gasteiger partial charge in [0.2, 0.25) is 23.6 Å². The van der Waals surface area contributed by atoms with E-state index in [2.05, 4.69) is 56.6 Å². The fourth-order valence-corrected chi connectivity index (χ4v) is 8.14. The number of anilines is 4. The molecule has 0 spiro atoms. The molecule has 0 radical (unpaired) electrons. The van der Waals surface area contributed by atoms with E-state index in [0.717, 1.165) is 41.5 Å². The molecule has 6 heterocycles. The van der Waals surface area contributed by atoms with Gasteiger partial charge in [0.1, 0.15) is 29.5 Å². The second-order valence-corrected chi connectivity index (χ2v) is 15.9. The lowest BCUT2D eigenvalue weighted by molar-refractivity contribution is -0.136. The van der Waals surface area contributed by atoms with Crippen molar-refractivity contribution in [2.75, 3.05) is 55.2 Å². The van der Waals surface area contributed by atoms with Crippen LogP contribution >= 0.6 is 0 Å². The van der Waals surface area contributed by atoms with E-state index in [4.69, 9.17) is 0 Å². The molecule has 20 heteroatoms. The third-order valence-electron chi connectivity index (χ3n) is 11.6. The van der Waals surface area contributed by atoms with Gasteiger partial charge in [-0.1, -0.05) is 31.0 Å². The maximum Gasteiger partial charge on any atom is 0.275 e. The van der Waals surface area contributed by atoms with Crippen LogP contribution in [0, 0.1) is 0 Å². The van der Waals surface area contributed by atoms with E-state index in [1.807, 2.05) is 35.2 Å². The molecule has 3 aliphatic rings. The zero-order valence-electron chi connectivity index (χ0n) is 35.1. The number of nitrogens with zero attached hydrogens (tertiary/aromatic N) is 6. The average Bonchev–Trinajstić information content (AvgIpc) is 4.04. The molecule has 1 unspecified atom stereocenters. The van der Waals surface area contributed by atoms with Crippen LogP contribution < -0.4 is 26.6 Å². The van der Waals surface area contributed by atoms with E-state index < -0.39 is 29.7 Å². The number of carbonyl (C=O) groups is 7. The van der Waals surface area contributed by atoms with Crippen LogP contribution in [0.15, 0.2) is 67.3 Å². The summed E-state index contributed by atoms with van der Waals surface area (Å²) < 4.78 is 0. The molecular formula is C44H49N13O7. The topological polar surface area (TPSA) is 260 Å². The van der Waals surface area contributed by atoms with Gasteiger partial charge >= 0.3 is 0 Å². The van der Waals surface area contributed by atoms with Crippen molar-refractivity contribution in [3.05, 3.63) is 89.6 Å². The van der Waals surface area contributed by atoms with Crippen molar-refractivity contribution >= 4 is 75.3 Å². The number of fused-ring (bicyclic) bond motifs is 2. The van der Waals surface area contributed by atoms with Crippen LogP contribution in [-0.2, 0) is 25.7 Å². The quantitative estimate of drug-likeness (QED) is 0.0493. The first-order valence-corrected chi connectivity index (χ1v) is 21.5. The molecule has 7 N–H and O–H groups in total. The fraction of sp³-hybridized carbons (Fsp3) is 0.364. The summed E-state index contributed by atoms with van der Waals surface area (Å²) in [6.45, 7) is 4.34. The number of benzene rings is 2. The summed E-state index contributed by atoms with van der Waals surface area (Å²) in [5.74, 6) is -2.16. The average molecular weight is 872 g/mol. The van der Waals surface area contributed by atoms with Crippen molar-refractivity contribution in [1.29, 1.82) is 0 Å². The molecule has 8 rings (SSSR count). The maximum atomic E-state index is 13.3. The number of piperazine rings is 1. The van der Waals surface area contributed by atoms with E-state index in [-0.39, 0.29) is 60.2 Å². The number of aromatic amines is 2. The number of unbranched alkanes of at least 4 members (excludes halogenated alkanes) is 3. The molecule has 0 saturated carbocycles. The molecule has 2 saturated heterocycles. The Bertz CT molecular complexity index is 2560. The standard InChI is InChI=1S/C44H49N13O7/c58-34(46-18-4-2-1-3-17-45-31-7-5-6-29-37(31)44(64)57(43(29)63)33-12-13-35(59)53-41(33)61)14-15-36(60)56-22-20-55(21-23-56)25-27-8-10-28(11-9-27)51-42(62)38-32(24-50-54-38)52-40-30-16-19-47-39(30)48-26-49-40/h5-11,16,19,24,26,33,45H,1-4,12-15,17-18,20-23,25H2,(H,46,58)(H,50,54)(H,51,62)(H,53,59,61)(H2,47,48,49,52). The zero-order valence-corrected chi connectivity index (χ0v) is 35.1. The summed E-state index contributed by atoms with van der Waals surface area (Å²) in [4.78, 5) is 105. The van der Waals surface area contributed by atoms with Crippen molar-refractivity contribution in [3.63, 3.8) is 0 Å². The Balaban J connectivity index is 0.676. The van der Waals surface area contributed by atoms with Gasteiger partial charge in [-0.3, -0.25) is 53.8 Å². The molecule has 20 nitrogen and oxygen atoms in total. The highest BCUT2D eigenvalue weighted by atomic mass is 16.2. The second kappa shape index (κ2) is 19.7. The Morgan fingerprint density at radius 2 is 1.62 bits per heavy atom. The maximum absolute atomic E-state index is 13.3. The number of carbonyl (C=O) groups excluding carboxylic acids is 7. The van der Waals surface area contributed by atoms with Crippen molar-refractivity contribution in [2.24, 2.45) is 0 Å². The minimum atomic E-state index is -1.02. The van der Waals surface area contributed by atoms with Gasteiger partial charge in [-0.2, -0.15) is 5.10 Å². The lowest BCUT2D eigenvalue weighted by Gasteiger charge is -2.34. The number of rotatable bonds is 18. The van der Waals surface area contributed by atoms with Gasteiger partial charge in [0.25, 0.3) is 17.7 Å². The van der Waals surface area contributed by atoms with Gasteiger partial charge in [-0.25, -0.2) is 9.97 Å². The van der Waals surface area contributed by atoms with E-state index >= 15 is 0 Å². The minimum Gasteiger partial charge on any atom is -0.384 e. The predicted molar refractivity (Wildman–Crippen MR) is 234 cm³/mol. The first-order valence-electron chi connectivity index (χ1n) is 21.5. The number of piperidine rings is 1. The number of aromatic nitrogens is 5. The smallest absolute Gasteiger partial charge is 0.275 e. The summed E-state index contributed by atoms with van der Waals surface area (Å²) in [7, 11) is 0. The highest BCUT2D eigenvalue weighted by Crippen LogP contribution is 2.32. The molecular weight excluding hydrogens is 823 g/mol. The van der Waals surface area contributed by atoms with Crippen LogP contribution in [0.5, 0.6) is 0 Å². The number of nitrogens with one attached hydrogen (secondary N) is 7. The third-order valence-corrected chi connectivity index (χ3v) is 11.6. The predicted octanol–water partition coefficient (Wildman–Crippen LogP) is 3.29. The van der Waals surface area contributed by atoms with Crippen molar-refractivity contribution in [1.82, 2.24) is 50.5 Å². The fourth-order valence-electron chi connectivity index (χ4n) is 8.14.